The van der Waals surface area contributed by atoms with E-state index in [1.807, 2.05) is 39.2 Å². The van der Waals surface area contributed by atoms with Crippen molar-refractivity contribution in [2.75, 3.05) is 27.2 Å². The van der Waals surface area contributed by atoms with Crippen LogP contribution in [-0.2, 0) is 13.1 Å². The Hall–Kier alpha value is -1.76. The molecule has 7 heteroatoms. The van der Waals surface area contributed by atoms with Crippen molar-refractivity contribution in [2.24, 2.45) is 4.99 Å². The minimum Gasteiger partial charge on any atom is -0.357 e. The van der Waals surface area contributed by atoms with Gasteiger partial charge in [-0.05, 0) is 32.1 Å². The second-order valence-corrected chi connectivity index (χ2v) is 5.54. The van der Waals surface area contributed by atoms with Crippen LogP contribution in [0.4, 0.5) is 13.2 Å². The van der Waals surface area contributed by atoms with Crippen molar-refractivity contribution in [1.29, 1.82) is 0 Å². The Kier molecular flexibility index (Phi) is 7.88. The lowest BCUT2D eigenvalue weighted by molar-refractivity contribution is -0.132. The van der Waals surface area contributed by atoms with Gasteiger partial charge in [0.1, 0.15) is 0 Å². The molecule has 2 N–H and O–H groups in total. The Balaban J connectivity index is 2.62. The number of hydrogen-bond donors (Lipinski definition) is 2. The molecular weight excluding hydrogens is 305 g/mol. The molecule has 0 saturated heterocycles. The molecule has 0 aliphatic heterocycles. The van der Waals surface area contributed by atoms with E-state index in [4.69, 9.17) is 0 Å². The van der Waals surface area contributed by atoms with Crippen LogP contribution in [0, 0.1) is 0 Å². The number of nitrogens with one attached hydrogen (secondary N) is 2. The SMILES string of the molecule is CCNC(=NCc1cccc(CN(C)C)c1)NCCC(F)(F)F. The number of hydrogen-bond acceptors (Lipinski definition) is 2. The zero-order valence-corrected chi connectivity index (χ0v) is 13.9. The number of benzene rings is 1. The van der Waals surface area contributed by atoms with Crippen LogP contribution < -0.4 is 10.6 Å². The molecule has 0 aromatic heterocycles. The monoisotopic (exact) mass is 330 g/mol. The Morgan fingerprint density at radius 3 is 2.48 bits per heavy atom. The Labute approximate surface area is 135 Å². The zero-order chi connectivity index (χ0) is 17.3. The largest absolute Gasteiger partial charge is 0.390 e. The number of halogens is 3. The summed E-state index contributed by atoms with van der Waals surface area (Å²) in [6, 6.07) is 8.03. The summed E-state index contributed by atoms with van der Waals surface area (Å²) in [4.78, 5) is 6.41. The lowest BCUT2D eigenvalue weighted by Gasteiger charge is -2.13. The Morgan fingerprint density at radius 1 is 1.17 bits per heavy atom. The summed E-state index contributed by atoms with van der Waals surface area (Å²) in [5.74, 6) is 0.398. The normalized spacial score (nSPS) is 12.6. The molecule has 1 aromatic rings. The van der Waals surface area contributed by atoms with Crippen LogP contribution in [0.25, 0.3) is 0 Å². The highest BCUT2D eigenvalue weighted by atomic mass is 19.4. The van der Waals surface area contributed by atoms with E-state index >= 15 is 0 Å². The molecule has 0 bridgehead atoms. The smallest absolute Gasteiger partial charge is 0.357 e. The molecule has 0 radical (unpaired) electrons. The van der Waals surface area contributed by atoms with Gasteiger partial charge in [-0.15, -0.1) is 0 Å². The molecular formula is C16H25F3N4. The van der Waals surface area contributed by atoms with Gasteiger partial charge in [0.2, 0.25) is 0 Å². The van der Waals surface area contributed by atoms with E-state index < -0.39 is 12.6 Å². The molecule has 1 aromatic carbocycles. The maximum atomic E-state index is 12.2. The molecule has 0 saturated carbocycles. The molecule has 0 atom stereocenters. The first-order chi connectivity index (χ1) is 10.8. The second kappa shape index (κ2) is 9.39. The molecule has 0 heterocycles. The Bertz CT molecular complexity index is 498. The van der Waals surface area contributed by atoms with Crippen LogP contribution in [0.5, 0.6) is 0 Å². The fraction of sp³-hybridized carbons (Fsp3) is 0.562. The molecule has 1 rings (SSSR count). The average Bonchev–Trinajstić information content (AvgIpc) is 2.43. The molecule has 4 nitrogen and oxygen atoms in total. The molecule has 0 unspecified atom stereocenters. The molecule has 0 aliphatic carbocycles. The van der Waals surface area contributed by atoms with E-state index in [-0.39, 0.29) is 6.54 Å². The third-order valence-electron chi connectivity index (χ3n) is 2.96. The number of aliphatic imine (C=N–C) groups is 1. The number of alkyl halides is 3. The van der Waals surface area contributed by atoms with Crippen LogP contribution in [0.1, 0.15) is 24.5 Å². The summed E-state index contributed by atoms with van der Waals surface area (Å²) >= 11 is 0. The van der Waals surface area contributed by atoms with E-state index in [9.17, 15) is 13.2 Å². The summed E-state index contributed by atoms with van der Waals surface area (Å²) in [7, 11) is 4.00. The van der Waals surface area contributed by atoms with Crippen molar-refractivity contribution in [3.8, 4) is 0 Å². The van der Waals surface area contributed by atoms with E-state index in [1.54, 1.807) is 0 Å². The van der Waals surface area contributed by atoms with Crippen molar-refractivity contribution in [2.45, 2.75) is 32.6 Å². The molecule has 23 heavy (non-hydrogen) atoms. The lowest BCUT2D eigenvalue weighted by Crippen LogP contribution is -2.38. The predicted octanol–water partition coefficient (Wildman–Crippen LogP) is 2.76. The van der Waals surface area contributed by atoms with Gasteiger partial charge in [-0.2, -0.15) is 13.2 Å². The fourth-order valence-electron chi connectivity index (χ4n) is 2.03. The quantitative estimate of drug-likeness (QED) is 0.596. The highest BCUT2D eigenvalue weighted by Crippen LogP contribution is 2.18. The average molecular weight is 330 g/mol. The third-order valence-corrected chi connectivity index (χ3v) is 2.96. The zero-order valence-electron chi connectivity index (χ0n) is 13.9. The van der Waals surface area contributed by atoms with E-state index in [0.717, 1.165) is 12.1 Å². The summed E-state index contributed by atoms with van der Waals surface area (Å²) in [5.41, 5.74) is 2.20. The van der Waals surface area contributed by atoms with Gasteiger partial charge >= 0.3 is 6.18 Å². The summed E-state index contributed by atoms with van der Waals surface area (Å²) in [5, 5.41) is 5.65. The summed E-state index contributed by atoms with van der Waals surface area (Å²) in [6.07, 6.45) is -5.04. The predicted molar refractivity (Wildman–Crippen MR) is 87.3 cm³/mol. The number of rotatable bonds is 7. The minimum absolute atomic E-state index is 0.185. The second-order valence-electron chi connectivity index (χ2n) is 5.54. The standard InChI is InChI=1S/C16H25F3N4/c1-4-20-15(21-9-8-16(17,18)19)22-11-13-6-5-7-14(10-13)12-23(2)3/h5-7,10H,4,8-9,11-12H2,1-3H3,(H2,20,21,22). The molecule has 0 spiro atoms. The van der Waals surface area contributed by atoms with Gasteiger partial charge in [0.05, 0.1) is 13.0 Å². The molecule has 0 aliphatic rings. The minimum atomic E-state index is -4.16. The highest BCUT2D eigenvalue weighted by molar-refractivity contribution is 5.79. The first-order valence-electron chi connectivity index (χ1n) is 7.61. The summed E-state index contributed by atoms with van der Waals surface area (Å²) in [6.45, 7) is 3.54. The van der Waals surface area contributed by atoms with E-state index in [2.05, 4.69) is 26.6 Å². The lowest BCUT2D eigenvalue weighted by atomic mass is 10.1. The first kappa shape index (κ1) is 19.3. The molecule has 130 valence electrons. The van der Waals surface area contributed by atoms with Gasteiger partial charge < -0.3 is 15.5 Å². The fourth-order valence-corrected chi connectivity index (χ4v) is 2.03. The maximum absolute atomic E-state index is 12.2. The van der Waals surface area contributed by atoms with Crippen molar-refractivity contribution in [3.63, 3.8) is 0 Å². The van der Waals surface area contributed by atoms with Crippen LogP contribution in [-0.4, -0.2) is 44.2 Å². The summed E-state index contributed by atoms with van der Waals surface area (Å²) < 4.78 is 36.6. The van der Waals surface area contributed by atoms with Gasteiger partial charge in [0.15, 0.2) is 5.96 Å². The topological polar surface area (TPSA) is 39.7 Å². The van der Waals surface area contributed by atoms with Gasteiger partial charge in [-0.1, -0.05) is 24.3 Å². The maximum Gasteiger partial charge on any atom is 0.390 e. The van der Waals surface area contributed by atoms with Crippen molar-refractivity contribution in [1.82, 2.24) is 15.5 Å². The van der Waals surface area contributed by atoms with Crippen LogP contribution in [0.2, 0.25) is 0 Å². The van der Waals surface area contributed by atoms with Crippen LogP contribution in [0.3, 0.4) is 0 Å². The van der Waals surface area contributed by atoms with Crippen LogP contribution >= 0.6 is 0 Å². The van der Waals surface area contributed by atoms with Gasteiger partial charge in [0, 0.05) is 19.6 Å². The van der Waals surface area contributed by atoms with Crippen LogP contribution in [0.15, 0.2) is 29.3 Å². The van der Waals surface area contributed by atoms with Gasteiger partial charge in [-0.3, -0.25) is 0 Å². The number of nitrogens with zero attached hydrogens (tertiary/aromatic N) is 2. The van der Waals surface area contributed by atoms with Gasteiger partial charge in [-0.25, -0.2) is 4.99 Å². The molecule has 0 amide bonds. The van der Waals surface area contributed by atoms with E-state index in [0.29, 0.717) is 19.0 Å². The first-order valence-corrected chi connectivity index (χ1v) is 7.61. The number of guanidine groups is 1. The van der Waals surface area contributed by atoms with Crippen molar-refractivity contribution >= 4 is 5.96 Å². The highest BCUT2D eigenvalue weighted by Gasteiger charge is 2.26. The van der Waals surface area contributed by atoms with Gasteiger partial charge in [0.25, 0.3) is 0 Å². The van der Waals surface area contributed by atoms with E-state index in [1.165, 1.54) is 5.56 Å². The van der Waals surface area contributed by atoms with Crippen molar-refractivity contribution in [3.05, 3.63) is 35.4 Å². The third kappa shape index (κ3) is 9.07. The Morgan fingerprint density at radius 2 is 1.87 bits per heavy atom. The van der Waals surface area contributed by atoms with Crippen molar-refractivity contribution < 1.29 is 13.2 Å². The molecule has 0 fully saturated rings.